The molecule has 0 radical (unpaired) electrons. The van der Waals surface area contributed by atoms with E-state index in [4.69, 9.17) is 19.2 Å². The van der Waals surface area contributed by atoms with Crippen molar-refractivity contribution in [2.75, 3.05) is 39.7 Å². The van der Waals surface area contributed by atoms with E-state index in [9.17, 15) is 4.79 Å². The summed E-state index contributed by atoms with van der Waals surface area (Å²) in [5.41, 5.74) is 3.10. The number of nitrogens with one attached hydrogen (secondary N) is 1. The van der Waals surface area contributed by atoms with Gasteiger partial charge in [0, 0.05) is 17.8 Å². The number of likely N-dealkylation sites (tertiary alicyclic amines) is 1. The summed E-state index contributed by atoms with van der Waals surface area (Å²) in [5, 5.41) is 2.99. The highest BCUT2D eigenvalue weighted by Crippen LogP contribution is 2.38. The minimum Gasteiger partial charge on any atom is -0.493 e. The van der Waals surface area contributed by atoms with Crippen LogP contribution in [0.1, 0.15) is 55.2 Å². The van der Waals surface area contributed by atoms with Gasteiger partial charge in [0.15, 0.2) is 11.5 Å². The number of amides is 1. The molecule has 4 rings (SSSR count). The Morgan fingerprint density at radius 2 is 1.66 bits per heavy atom. The number of carbonyl (C=O) groups is 1. The number of rotatable bonds is 9. The summed E-state index contributed by atoms with van der Waals surface area (Å²) in [6.45, 7) is 6.24. The highest BCUT2D eigenvalue weighted by Gasteiger charge is 2.19. The number of imidazole rings is 1. The molecule has 1 fully saturated rings. The molecule has 1 saturated heterocycles. The van der Waals surface area contributed by atoms with Crippen LogP contribution in [0.5, 0.6) is 17.2 Å². The van der Waals surface area contributed by atoms with Crippen molar-refractivity contribution in [1.29, 1.82) is 0 Å². The molecule has 0 unspecified atom stereocenters. The monoisotopic (exact) mass is 480 g/mol. The second-order valence-corrected chi connectivity index (χ2v) is 8.94. The number of aryl methyl sites for hydroxylation is 1. The molecule has 1 aliphatic heterocycles. The van der Waals surface area contributed by atoms with Crippen LogP contribution in [0.2, 0.25) is 0 Å². The Hall–Kier alpha value is -3.26. The van der Waals surface area contributed by atoms with E-state index in [2.05, 4.69) is 27.8 Å². The second-order valence-electron chi connectivity index (χ2n) is 8.94. The van der Waals surface area contributed by atoms with E-state index < -0.39 is 0 Å². The van der Waals surface area contributed by atoms with Crippen LogP contribution in [-0.2, 0) is 13.1 Å². The molecule has 8 heteroatoms. The fourth-order valence-corrected chi connectivity index (χ4v) is 4.76. The zero-order chi connectivity index (χ0) is 24.8. The normalized spacial score (nSPS) is 14.5. The fraction of sp³-hybridized carbons (Fsp3) is 0.481. The largest absolute Gasteiger partial charge is 0.493 e. The van der Waals surface area contributed by atoms with Crippen LogP contribution in [0.15, 0.2) is 30.3 Å². The third-order valence-corrected chi connectivity index (χ3v) is 6.52. The Labute approximate surface area is 207 Å². The summed E-state index contributed by atoms with van der Waals surface area (Å²) in [7, 11) is 4.60. The van der Waals surface area contributed by atoms with E-state index in [0.29, 0.717) is 28.5 Å². The van der Waals surface area contributed by atoms with E-state index in [0.717, 1.165) is 49.5 Å². The van der Waals surface area contributed by atoms with Crippen molar-refractivity contribution in [2.45, 2.75) is 52.1 Å². The van der Waals surface area contributed by atoms with Crippen molar-refractivity contribution in [3.63, 3.8) is 0 Å². The van der Waals surface area contributed by atoms with E-state index in [-0.39, 0.29) is 5.91 Å². The summed E-state index contributed by atoms with van der Waals surface area (Å²) >= 11 is 0. The molecule has 1 aliphatic rings. The maximum Gasteiger partial charge on any atom is 0.255 e. The minimum atomic E-state index is -0.263. The third kappa shape index (κ3) is 5.53. The number of nitrogens with zero attached hydrogens (tertiary/aromatic N) is 3. The molecule has 3 aromatic rings. The molecular formula is C27H36N4O4. The Bertz CT molecular complexity index is 1140. The first-order chi connectivity index (χ1) is 17.1. The molecule has 1 N–H and O–H groups in total. The number of benzene rings is 2. The lowest BCUT2D eigenvalue weighted by atomic mass is 10.1. The number of methoxy groups -OCH3 is 3. The Morgan fingerprint density at radius 1 is 0.971 bits per heavy atom. The summed E-state index contributed by atoms with van der Waals surface area (Å²) in [4.78, 5) is 20.6. The standard InChI is InChI=1S/C27H36N4O4/c1-5-12-31-22-11-10-20(17-21(22)29-25(31)18-30-13-8-6-7-9-14-30)28-27(32)19-15-23(33-2)26(35-4)24(16-19)34-3/h10-11,15-17H,5-9,12-14,18H2,1-4H3,(H,28,32). The zero-order valence-electron chi connectivity index (χ0n) is 21.2. The lowest BCUT2D eigenvalue weighted by Crippen LogP contribution is -2.26. The SMILES string of the molecule is CCCn1c(CN2CCCCCC2)nc2cc(NC(=O)c3cc(OC)c(OC)c(OC)c3)ccc21. The lowest BCUT2D eigenvalue weighted by molar-refractivity contribution is 0.102. The number of hydrogen-bond acceptors (Lipinski definition) is 6. The molecular weight excluding hydrogens is 444 g/mol. The van der Waals surface area contributed by atoms with Crippen LogP contribution >= 0.6 is 0 Å². The van der Waals surface area contributed by atoms with Crippen molar-refractivity contribution >= 4 is 22.6 Å². The van der Waals surface area contributed by atoms with Crippen molar-refractivity contribution < 1.29 is 19.0 Å². The molecule has 0 aliphatic carbocycles. The third-order valence-electron chi connectivity index (χ3n) is 6.52. The number of aromatic nitrogens is 2. The Morgan fingerprint density at radius 3 is 2.26 bits per heavy atom. The topological polar surface area (TPSA) is 77.9 Å². The molecule has 0 atom stereocenters. The fourth-order valence-electron chi connectivity index (χ4n) is 4.76. The number of carbonyl (C=O) groups excluding carboxylic acids is 1. The van der Waals surface area contributed by atoms with Crippen LogP contribution in [0.3, 0.4) is 0 Å². The van der Waals surface area contributed by atoms with Gasteiger partial charge in [-0.25, -0.2) is 4.98 Å². The summed E-state index contributed by atoms with van der Waals surface area (Å²) in [6, 6.07) is 9.22. The van der Waals surface area contributed by atoms with Gasteiger partial charge in [-0.15, -0.1) is 0 Å². The van der Waals surface area contributed by atoms with Crippen LogP contribution in [0, 0.1) is 0 Å². The molecule has 2 heterocycles. The maximum absolute atomic E-state index is 13.1. The summed E-state index contributed by atoms with van der Waals surface area (Å²) < 4.78 is 18.5. The van der Waals surface area contributed by atoms with Crippen molar-refractivity contribution in [3.05, 3.63) is 41.7 Å². The first kappa shape index (κ1) is 24.9. The Kier molecular flexibility index (Phi) is 8.13. The molecule has 188 valence electrons. The van der Waals surface area contributed by atoms with E-state index >= 15 is 0 Å². The van der Waals surface area contributed by atoms with Crippen LogP contribution in [0.4, 0.5) is 5.69 Å². The summed E-state index contributed by atoms with van der Waals surface area (Å²) in [6.07, 6.45) is 6.18. The van der Waals surface area contributed by atoms with E-state index in [1.807, 2.05) is 12.1 Å². The van der Waals surface area contributed by atoms with Gasteiger partial charge in [-0.1, -0.05) is 19.8 Å². The van der Waals surface area contributed by atoms with Gasteiger partial charge in [0.25, 0.3) is 5.91 Å². The van der Waals surface area contributed by atoms with Crippen LogP contribution in [-0.4, -0.2) is 54.8 Å². The summed E-state index contributed by atoms with van der Waals surface area (Å²) in [5.74, 6) is 2.15. The van der Waals surface area contributed by atoms with Gasteiger partial charge < -0.3 is 24.1 Å². The molecule has 8 nitrogen and oxygen atoms in total. The molecule has 0 spiro atoms. The van der Waals surface area contributed by atoms with Crippen LogP contribution < -0.4 is 19.5 Å². The number of fused-ring (bicyclic) bond motifs is 1. The quantitative estimate of drug-likeness (QED) is 0.459. The highest BCUT2D eigenvalue weighted by atomic mass is 16.5. The predicted molar refractivity (Wildman–Crippen MR) is 138 cm³/mol. The number of ether oxygens (including phenoxy) is 3. The number of anilines is 1. The van der Waals surface area contributed by atoms with Crippen LogP contribution in [0.25, 0.3) is 11.0 Å². The van der Waals surface area contributed by atoms with Gasteiger partial charge >= 0.3 is 0 Å². The van der Waals surface area contributed by atoms with Gasteiger partial charge in [0.2, 0.25) is 5.75 Å². The van der Waals surface area contributed by atoms with Gasteiger partial charge in [0.05, 0.1) is 38.9 Å². The Balaban J connectivity index is 1.59. The second kappa shape index (κ2) is 11.4. The predicted octanol–water partition coefficient (Wildman–Crippen LogP) is 5.10. The molecule has 1 amide bonds. The highest BCUT2D eigenvalue weighted by molar-refractivity contribution is 6.05. The van der Waals surface area contributed by atoms with Gasteiger partial charge in [-0.2, -0.15) is 0 Å². The maximum atomic E-state index is 13.1. The van der Waals surface area contributed by atoms with Crippen molar-refractivity contribution in [2.24, 2.45) is 0 Å². The first-order valence-corrected chi connectivity index (χ1v) is 12.4. The number of hydrogen-bond donors (Lipinski definition) is 1. The molecule has 0 bridgehead atoms. The van der Waals surface area contributed by atoms with Gasteiger partial charge in [-0.05, 0) is 62.7 Å². The zero-order valence-corrected chi connectivity index (χ0v) is 21.2. The van der Waals surface area contributed by atoms with Gasteiger partial charge in [0.1, 0.15) is 5.82 Å². The van der Waals surface area contributed by atoms with E-state index in [1.54, 1.807) is 12.1 Å². The molecule has 0 saturated carbocycles. The average Bonchev–Trinajstić information content (AvgIpc) is 3.02. The first-order valence-electron chi connectivity index (χ1n) is 12.4. The average molecular weight is 481 g/mol. The van der Waals surface area contributed by atoms with Crippen molar-refractivity contribution in [3.8, 4) is 17.2 Å². The molecule has 1 aromatic heterocycles. The molecule has 35 heavy (non-hydrogen) atoms. The lowest BCUT2D eigenvalue weighted by Gasteiger charge is -2.20. The smallest absolute Gasteiger partial charge is 0.255 e. The van der Waals surface area contributed by atoms with Gasteiger partial charge in [-0.3, -0.25) is 9.69 Å². The van der Waals surface area contributed by atoms with E-state index in [1.165, 1.54) is 47.0 Å². The minimum absolute atomic E-state index is 0.263. The van der Waals surface area contributed by atoms with Crippen molar-refractivity contribution in [1.82, 2.24) is 14.5 Å². The molecule has 2 aromatic carbocycles.